The van der Waals surface area contributed by atoms with E-state index in [1.807, 2.05) is 45.0 Å². The van der Waals surface area contributed by atoms with Gasteiger partial charge in [0.25, 0.3) is 11.8 Å². The zero-order chi connectivity index (χ0) is 18.4. The van der Waals surface area contributed by atoms with E-state index in [2.05, 4.69) is 17.6 Å². The Labute approximate surface area is 149 Å². The Morgan fingerprint density at radius 1 is 0.960 bits per heavy atom. The maximum absolute atomic E-state index is 12.8. The summed E-state index contributed by atoms with van der Waals surface area (Å²) in [6.07, 6.45) is 1.93. The summed E-state index contributed by atoms with van der Waals surface area (Å²) in [5.74, 6) is -0.464. The molecule has 2 aromatic rings. The predicted molar refractivity (Wildman–Crippen MR) is 102 cm³/mol. The summed E-state index contributed by atoms with van der Waals surface area (Å²) in [7, 11) is 0. The van der Waals surface area contributed by atoms with Crippen LogP contribution in [0.4, 0.5) is 5.69 Å². The van der Waals surface area contributed by atoms with E-state index in [1.54, 1.807) is 12.1 Å². The number of anilines is 1. The summed E-state index contributed by atoms with van der Waals surface area (Å²) in [4.78, 5) is 25.3. The van der Waals surface area contributed by atoms with Crippen molar-refractivity contribution in [2.24, 2.45) is 0 Å². The minimum Gasteiger partial charge on any atom is -0.352 e. The highest BCUT2D eigenvalue weighted by molar-refractivity contribution is 6.13. The van der Waals surface area contributed by atoms with Crippen LogP contribution in [0.5, 0.6) is 0 Å². The molecule has 0 heterocycles. The number of carbonyl (C=O) groups excluding carboxylic acids is 2. The number of rotatable bonds is 6. The van der Waals surface area contributed by atoms with Crippen LogP contribution in [0, 0.1) is 20.8 Å². The van der Waals surface area contributed by atoms with Crippen molar-refractivity contribution in [3.8, 4) is 0 Å². The molecular weight excluding hydrogens is 312 g/mol. The van der Waals surface area contributed by atoms with Crippen molar-refractivity contribution in [2.75, 3.05) is 11.9 Å². The Morgan fingerprint density at radius 2 is 1.72 bits per heavy atom. The third kappa shape index (κ3) is 4.69. The van der Waals surface area contributed by atoms with Gasteiger partial charge in [0.1, 0.15) is 0 Å². The third-order valence-corrected chi connectivity index (χ3v) is 4.19. The van der Waals surface area contributed by atoms with Crippen LogP contribution < -0.4 is 10.6 Å². The second-order valence-electron chi connectivity index (χ2n) is 6.38. The molecule has 0 unspecified atom stereocenters. The van der Waals surface area contributed by atoms with Crippen molar-refractivity contribution in [2.45, 2.75) is 40.5 Å². The quantitative estimate of drug-likeness (QED) is 0.767. The molecule has 0 saturated heterocycles. The standard InChI is InChI=1S/C21H26N2O2/c1-5-6-12-22-20(24)17-9-7-8-15(3)19(17)21(25)23-18-11-10-14(2)13-16(18)4/h7-11,13H,5-6,12H2,1-4H3,(H,22,24)(H,23,25). The number of aryl methyl sites for hydroxylation is 3. The van der Waals surface area contributed by atoms with Gasteiger partial charge in [-0.3, -0.25) is 9.59 Å². The first-order chi connectivity index (χ1) is 11.9. The van der Waals surface area contributed by atoms with Crippen LogP contribution in [-0.2, 0) is 0 Å². The van der Waals surface area contributed by atoms with E-state index in [-0.39, 0.29) is 11.8 Å². The van der Waals surface area contributed by atoms with Crippen LogP contribution >= 0.6 is 0 Å². The molecule has 132 valence electrons. The van der Waals surface area contributed by atoms with Crippen LogP contribution in [0.3, 0.4) is 0 Å². The Balaban J connectivity index is 2.28. The zero-order valence-corrected chi connectivity index (χ0v) is 15.4. The molecule has 0 fully saturated rings. The topological polar surface area (TPSA) is 58.2 Å². The summed E-state index contributed by atoms with van der Waals surface area (Å²) >= 11 is 0. The van der Waals surface area contributed by atoms with Gasteiger partial charge in [0.05, 0.1) is 11.1 Å². The van der Waals surface area contributed by atoms with Crippen LogP contribution in [-0.4, -0.2) is 18.4 Å². The average molecular weight is 338 g/mol. The lowest BCUT2D eigenvalue weighted by molar-refractivity contribution is 0.0939. The summed E-state index contributed by atoms with van der Waals surface area (Å²) < 4.78 is 0. The largest absolute Gasteiger partial charge is 0.352 e. The van der Waals surface area contributed by atoms with Gasteiger partial charge in [-0.15, -0.1) is 0 Å². The number of hydrogen-bond donors (Lipinski definition) is 2. The normalized spacial score (nSPS) is 10.4. The zero-order valence-electron chi connectivity index (χ0n) is 15.4. The Morgan fingerprint density at radius 3 is 2.40 bits per heavy atom. The molecule has 4 nitrogen and oxygen atoms in total. The smallest absolute Gasteiger partial charge is 0.256 e. The van der Waals surface area contributed by atoms with E-state index in [9.17, 15) is 9.59 Å². The van der Waals surface area contributed by atoms with Gasteiger partial charge in [-0.2, -0.15) is 0 Å². The van der Waals surface area contributed by atoms with Crippen molar-refractivity contribution in [3.63, 3.8) is 0 Å². The van der Waals surface area contributed by atoms with E-state index in [1.165, 1.54) is 0 Å². The van der Waals surface area contributed by atoms with Gasteiger partial charge >= 0.3 is 0 Å². The molecule has 0 atom stereocenters. The number of nitrogens with one attached hydrogen (secondary N) is 2. The fraction of sp³-hybridized carbons (Fsp3) is 0.333. The van der Waals surface area contributed by atoms with Gasteiger partial charge in [-0.1, -0.05) is 43.2 Å². The number of benzene rings is 2. The highest BCUT2D eigenvalue weighted by Crippen LogP contribution is 2.20. The molecule has 0 bridgehead atoms. The van der Waals surface area contributed by atoms with E-state index in [0.717, 1.165) is 35.2 Å². The summed E-state index contributed by atoms with van der Waals surface area (Å²) in [5.41, 5.74) is 4.52. The fourth-order valence-electron chi connectivity index (χ4n) is 2.77. The van der Waals surface area contributed by atoms with Gasteiger partial charge in [0.15, 0.2) is 0 Å². The summed E-state index contributed by atoms with van der Waals surface area (Å²) in [6, 6.07) is 11.2. The lowest BCUT2D eigenvalue weighted by Crippen LogP contribution is -2.28. The van der Waals surface area contributed by atoms with E-state index in [0.29, 0.717) is 17.7 Å². The number of unbranched alkanes of at least 4 members (excludes halogenated alkanes) is 1. The minimum atomic E-state index is -0.259. The maximum atomic E-state index is 12.8. The molecule has 0 aromatic heterocycles. The van der Waals surface area contributed by atoms with E-state index >= 15 is 0 Å². The fourth-order valence-corrected chi connectivity index (χ4v) is 2.77. The molecule has 4 heteroatoms. The van der Waals surface area contributed by atoms with Crippen molar-refractivity contribution in [1.29, 1.82) is 0 Å². The first-order valence-electron chi connectivity index (χ1n) is 8.70. The molecule has 2 amide bonds. The molecule has 2 aromatic carbocycles. The third-order valence-electron chi connectivity index (χ3n) is 4.19. The van der Waals surface area contributed by atoms with Crippen LogP contribution in [0.15, 0.2) is 36.4 Å². The molecule has 2 N–H and O–H groups in total. The van der Waals surface area contributed by atoms with Gasteiger partial charge in [0, 0.05) is 12.2 Å². The Kier molecular flexibility index (Phi) is 6.34. The van der Waals surface area contributed by atoms with Crippen LogP contribution in [0.1, 0.15) is 57.2 Å². The molecule has 25 heavy (non-hydrogen) atoms. The highest BCUT2D eigenvalue weighted by Gasteiger charge is 2.19. The molecule has 0 spiro atoms. The van der Waals surface area contributed by atoms with E-state index in [4.69, 9.17) is 0 Å². The molecule has 0 saturated carbocycles. The molecule has 0 radical (unpaired) electrons. The number of carbonyl (C=O) groups is 2. The summed E-state index contributed by atoms with van der Waals surface area (Å²) in [5, 5.41) is 5.82. The van der Waals surface area contributed by atoms with Crippen molar-refractivity contribution in [1.82, 2.24) is 5.32 Å². The minimum absolute atomic E-state index is 0.206. The lowest BCUT2D eigenvalue weighted by Gasteiger charge is -2.14. The molecule has 0 aliphatic heterocycles. The molecular formula is C21H26N2O2. The van der Waals surface area contributed by atoms with Gasteiger partial charge < -0.3 is 10.6 Å². The van der Waals surface area contributed by atoms with Crippen molar-refractivity contribution < 1.29 is 9.59 Å². The van der Waals surface area contributed by atoms with Gasteiger partial charge in [-0.05, 0) is 50.5 Å². The summed E-state index contributed by atoms with van der Waals surface area (Å²) in [6.45, 7) is 8.50. The highest BCUT2D eigenvalue weighted by atomic mass is 16.2. The number of amides is 2. The van der Waals surface area contributed by atoms with E-state index < -0.39 is 0 Å². The van der Waals surface area contributed by atoms with Crippen molar-refractivity contribution in [3.05, 3.63) is 64.2 Å². The van der Waals surface area contributed by atoms with Crippen LogP contribution in [0.25, 0.3) is 0 Å². The molecule has 0 aliphatic carbocycles. The predicted octanol–water partition coefficient (Wildman–Crippen LogP) is 4.39. The van der Waals surface area contributed by atoms with Gasteiger partial charge in [-0.25, -0.2) is 0 Å². The maximum Gasteiger partial charge on any atom is 0.256 e. The first kappa shape index (κ1) is 18.7. The van der Waals surface area contributed by atoms with Gasteiger partial charge in [0.2, 0.25) is 0 Å². The first-order valence-corrected chi connectivity index (χ1v) is 8.70. The van der Waals surface area contributed by atoms with Crippen molar-refractivity contribution >= 4 is 17.5 Å². The Hall–Kier alpha value is -2.62. The Bertz CT molecular complexity index is 781. The second-order valence-corrected chi connectivity index (χ2v) is 6.38. The monoisotopic (exact) mass is 338 g/mol. The molecule has 0 aliphatic rings. The second kappa shape index (κ2) is 8.47. The lowest BCUT2D eigenvalue weighted by atomic mass is 10.00. The molecule has 2 rings (SSSR count). The number of hydrogen-bond acceptors (Lipinski definition) is 2. The van der Waals surface area contributed by atoms with Crippen LogP contribution in [0.2, 0.25) is 0 Å². The average Bonchev–Trinajstić information content (AvgIpc) is 2.57. The SMILES string of the molecule is CCCCNC(=O)c1cccc(C)c1C(=O)Nc1ccc(C)cc1C.